The van der Waals surface area contributed by atoms with Crippen molar-refractivity contribution in [2.24, 2.45) is 0 Å². The second-order valence-corrected chi connectivity index (χ2v) is 12.5. The molecule has 2 amide bonds. The minimum absolute atomic E-state index is 0.113. The van der Waals surface area contributed by atoms with Gasteiger partial charge in [-0.05, 0) is 57.2 Å². The van der Waals surface area contributed by atoms with E-state index in [0.717, 1.165) is 43.1 Å². The first-order chi connectivity index (χ1) is 19.1. The minimum atomic E-state index is -3.62. The molecule has 8 nitrogen and oxygen atoms in total. The lowest BCUT2D eigenvalue weighted by Gasteiger charge is -2.33. The van der Waals surface area contributed by atoms with E-state index in [1.807, 2.05) is 45.0 Å². The highest BCUT2D eigenvalue weighted by Gasteiger charge is 2.30. The van der Waals surface area contributed by atoms with Crippen LogP contribution in [0.15, 0.2) is 48.5 Å². The third-order valence-electron chi connectivity index (χ3n) is 7.40. The minimum Gasteiger partial charge on any atom is -0.492 e. The van der Waals surface area contributed by atoms with Gasteiger partial charge in [0.2, 0.25) is 21.8 Å². The second-order valence-electron chi connectivity index (χ2n) is 10.6. The molecule has 9 heteroatoms. The molecule has 1 N–H and O–H groups in total. The summed E-state index contributed by atoms with van der Waals surface area (Å²) in [4.78, 5) is 28.8. The highest BCUT2D eigenvalue weighted by molar-refractivity contribution is 7.92. The second kappa shape index (κ2) is 15.1. The number of sulfonamides is 1. The summed E-state index contributed by atoms with van der Waals surface area (Å²) in [7, 11) is -3.62. The fourth-order valence-corrected chi connectivity index (χ4v) is 6.25. The zero-order valence-corrected chi connectivity index (χ0v) is 25.2. The molecule has 220 valence electrons. The van der Waals surface area contributed by atoms with Crippen LogP contribution in [0.1, 0.15) is 76.3 Å². The first kappa shape index (κ1) is 31.5. The number of carbonyl (C=O) groups excluding carboxylic acids is 2. The maximum atomic E-state index is 13.7. The van der Waals surface area contributed by atoms with E-state index in [1.54, 1.807) is 29.2 Å². The molecular weight excluding hydrogens is 526 g/mol. The van der Waals surface area contributed by atoms with Gasteiger partial charge in [-0.15, -0.1) is 0 Å². The van der Waals surface area contributed by atoms with Gasteiger partial charge in [-0.1, -0.05) is 68.1 Å². The predicted molar refractivity (Wildman–Crippen MR) is 160 cm³/mol. The maximum Gasteiger partial charge on any atom is 0.243 e. The average Bonchev–Trinajstić information content (AvgIpc) is 2.92. The van der Waals surface area contributed by atoms with E-state index in [2.05, 4.69) is 5.32 Å². The Hall–Kier alpha value is -3.07. The molecule has 0 bridgehead atoms. The molecule has 0 saturated heterocycles. The Labute approximate surface area is 240 Å². The highest BCUT2D eigenvalue weighted by Crippen LogP contribution is 2.30. The van der Waals surface area contributed by atoms with E-state index in [-0.39, 0.29) is 30.8 Å². The van der Waals surface area contributed by atoms with Crippen LogP contribution in [0, 0.1) is 6.92 Å². The zero-order chi connectivity index (χ0) is 29.1. The lowest BCUT2D eigenvalue weighted by molar-refractivity contribution is -0.141. The predicted octanol–water partition coefficient (Wildman–Crippen LogP) is 5.20. The SMILES string of the molecule is CCOc1ccccc1N(CCCC(=O)N(Cc1ccc(C)cc1)[C@H](CC)C(=O)NC1CCCCC1)S(C)(=O)=O. The van der Waals surface area contributed by atoms with Crippen LogP contribution in [0.2, 0.25) is 0 Å². The van der Waals surface area contributed by atoms with E-state index < -0.39 is 16.1 Å². The molecule has 0 spiro atoms. The van der Waals surface area contributed by atoms with Gasteiger partial charge in [0.25, 0.3) is 0 Å². The number of amides is 2. The number of hydrogen-bond donors (Lipinski definition) is 1. The van der Waals surface area contributed by atoms with Gasteiger partial charge in [-0.3, -0.25) is 13.9 Å². The molecule has 3 rings (SSSR count). The Kier molecular flexibility index (Phi) is 11.9. The summed E-state index contributed by atoms with van der Waals surface area (Å²) in [6.45, 7) is 6.63. The third-order valence-corrected chi connectivity index (χ3v) is 8.58. The van der Waals surface area contributed by atoms with Gasteiger partial charge in [0.15, 0.2) is 0 Å². The molecule has 0 aliphatic heterocycles. The molecule has 0 aromatic heterocycles. The number of rotatable bonds is 14. The van der Waals surface area contributed by atoms with E-state index >= 15 is 0 Å². The number of benzene rings is 2. The summed E-state index contributed by atoms with van der Waals surface area (Å²) in [5, 5.41) is 3.20. The van der Waals surface area contributed by atoms with E-state index in [0.29, 0.717) is 37.4 Å². The Morgan fingerprint density at radius 2 is 1.70 bits per heavy atom. The number of para-hydroxylation sites is 2. The summed E-state index contributed by atoms with van der Waals surface area (Å²) < 4.78 is 32.4. The van der Waals surface area contributed by atoms with Crippen LogP contribution in [0.25, 0.3) is 0 Å². The molecule has 0 unspecified atom stereocenters. The number of aryl methyl sites for hydroxylation is 1. The van der Waals surface area contributed by atoms with Crippen molar-refractivity contribution in [3.63, 3.8) is 0 Å². The fraction of sp³-hybridized carbons (Fsp3) is 0.548. The molecular formula is C31H45N3O5S. The number of anilines is 1. The lowest BCUT2D eigenvalue weighted by atomic mass is 9.95. The topological polar surface area (TPSA) is 96.0 Å². The van der Waals surface area contributed by atoms with Crippen LogP contribution in [0.4, 0.5) is 5.69 Å². The highest BCUT2D eigenvalue weighted by atomic mass is 32.2. The molecule has 1 saturated carbocycles. The number of ether oxygens (including phenoxy) is 1. The van der Waals surface area contributed by atoms with E-state index in [1.165, 1.54) is 10.7 Å². The van der Waals surface area contributed by atoms with Crippen LogP contribution in [-0.2, 0) is 26.2 Å². The largest absolute Gasteiger partial charge is 0.492 e. The van der Waals surface area contributed by atoms with Crippen molar-refractivity contribution in [1.29, 1.82) is 0 Å². The van der Waals surface area contributed by atoms with Crippen LogP contribution in [-0.4, -0.2) is 56.6 Å². The van der Waals surface area contributed by atoms with Crippen molar-refractivity contribution >= 4 is 27.5 Å². The number of hydrogen-bond acceptors (Lipinski definition) is 5. The van der Waals surface area contributed by atoms with Crippen LogP contribution >= 0.6 is 0 Å². The Morgan fingerprint density at radius 3 is 2.33 bits per heavy atom. The summed E-state index contributed by atoms with van der Waals surface area (Å²) in [5.41, 5.74) is 2.53. The van der Waals surface area contributed by atoms with Crippen LogP contribution in [0.5, 0.6) is 5.75 Å². The Morgan fingerprint density at radius 1 is 1.02 bits per heavy atom. The molecule has 2 aromatic rings. The first-order valence-electron chi connectivity index (χ1n) is 14.5. The molecule has 1 aliphatic carbocycles. The average molecular weight is 572 g/mol. The summed E-state index contributed by atoms with van der Waals surface area (Å²) >= 11 is 0. The van der Waals surface area contributed by atoms with Crippen molar-refractivity contribution < 1.29 is 22.7 Å². The quantitative estimate of drug-likeness (QED) is 0.336. The summed E-state index contributed by atoms with van der Waals surface area (Å²) in [6.07, 6.45) is 7.42. The first-order valence-corrected chi connectivity index (χ1v) is 16.3. The molecule has 1 atom stereocenters. The van der Waals surface area contributed by atoms with E-state index in [4.69, 9.17) is 4.74 Å². The number of nitrogens with one attached hydrogen (secondary N) is 1. The Bertz CT molecular complexity index is 1210. The molecule has 0 radical (unpaired) electrons. The summed E-state index contributed by atoms with van der Waals surface area (Å²) in [5.74, 6) is 0.198. The van der Waals surface area contributed by atoms with Gasteiger partial charge in [0.1, 0.15) is 11.8 Å². The maximum absolute atomic E-state index is 13.7. The van der Waals surface area contributed by atoms with E-state index in [9.17, 15) is 18.0 Å². The standard InChI is InChI=1S/C31H45N3O5S/c1-5-27(31(36)32-26-13-8-7-9-14-26)33(23-25-20-18-24(3)19-21-25)30(35)17-12-22-34(40(4,37)38)28-15-10-11-16-29(28)39-6-2/h10-11,15-16,18-21,26-27H,5-9,12-14,17,22-23H2,1-4H3,(H,32,36)/t27-/m1/s1. The molecule has 40 heavy (non-hydrogen) atoms. The zero-order valence-electron chi connectivity index (χ0n) is 24.4. The van der Waals surface area contributed by atoms with Crippen LogP contribution in [0.3, 0.4) is 0 Å². The lowest BCUT2D eigenvalue weighted by Crippen LogP contribution is -2.51. The fourth-order valence-electron chi connectivity index (χ4n) is 5.28. The van der Waals surface area contributed by atoms with Gasteiger partial charge in [-0.25, -0.2) is 8.42 Å². The van der Waals surface area contributed by atoms with Gasteiger partial charge in [-0.2, -0.15) is 0 Å². The monoisotopic (exact) mass is 571 g/mol. The summed E-state index contributed by atoms with van der Waals surface area (Å²) in [6, 6.07) is 14.5. The smallest absolute Gasteiger partial charge is 0.243 e. The number of carbonyl (C=O) groups is 2. The van der Waals surface area contributed by atoms with Crippen molar-refractivity contribution in [2.45, 2.75) is 90.8 Å². The van der Waals surface area contributed by atoms with Gasteiger partial charge < -0.3 is 15.0 Å². The molecule has 1 aliphatic rings. The third kappa shape index (κ3) is 8.98. The van der Waals surface area contributed by atoms with Crippen molar-refractivity contribution in [3.8, 4) is 5.75 Å². The normalized spacial score (nSPS) is 14.8. The van der Waals surface area contributed by atoms with Gasteiger partial charge in [0.05, 0.1) is 18.6 Å². The Balaban J connectivity index is 1.77. The van der Waals surface area contributed by atoms with Crippen molar-refractivity contribution in [1.82, 2.24) is 10.2 Å². The number of nitrogens with zero attached hydrogens (tertiary/aromatic N) is 2. The van der Waals surface area contributed by atoms with Gasteiger partial charge >= 0.3 is 0 Å². The van der Waals surface area contributed by atoms with Crippen molar-refractivity contribution in [2.75, 3.05) is 23.7 Å². The van der Waals surface area contributed by atoms with Gasteiger partial charge in [0, 0.05) is 25.6 Å². The van der Waals surface area contributed by atoms with Crippen molar-refractivity contribution in [3.05, 3.63) is 59.7 Å². The molecule has 2 aromatic carbocycles. The molecule has 0 heterocycles. The van der Waals surface area contributed by atoms with Crippen LogP contribution < -0.4 is 14.4 Å². The molecule has 1 fully saturated rings.